The molecule has 0 aliphatic carbocycles. The van der Waals surface area contributed by atoms with E-state index in [-0.39, 0.29) is 0 Å². The minimum Gasteiger partial charge on any atom is -0.486 e. The standard InChI is InChI=1S/C15H18ClNO2/c1-10-6-14(7-11(2)15(10)16)18-9-13-5-4-12(19-13)8-17-3/h4-7,17H,8-9H2,1-3H3. The fourth-order valence-electron chi connectivity index (χ4n) is 1.91. The summed E-state index contributed by atoms with van der Waals surface area (Å²) in [7, 11) is 1.89. The Morgan fingerprint density at radius 3 is 2.42 bits per heavy atom. The molecule has 0 aliphatic heterocycles. The first-order chi connectivity index (χ1) is 9.10. The van der Waals surface area contributed by atoms with Crippen LogP contribution in [0.5, 0.6) is 5.75 Å². The van der Waals surface area contributed by atoms with Crippen LogP contribution in [-0.2, 0) is 13.2 Å². The Labute approximate surface area is 118 Å². The van der Waals surface area contributed by atoms with Crippen molar-refractivity contribution in [2.45, 2.75) is 27.0 Å². The third-order valence-electron chi connectivity index (χ3n) is 2.86. The maximum Gasteiger partial charge on any atom is 0.146 e. The molecular formula is C15H18ClNO2. The number of benzene rings is 1. The molecule has 102 valence electrons. The summed E-state index contributed by atoms with van der Waals surface area (Å²) >= 11 is 6.12. The van der Waals surface area contributed by atoms with Gasteiger partial charge in [-0.25, -0.2) is 0 Å². The van der Waals surface area contributed by atoms with Crippen molar-refractivity contribution < 1.29 is 9.15 Å². The lowest BCUT2D eigenvalue weighted by Gasteiger charge is -2.08. The van der Waals surface area contributed by atoms with Gasteiger partial charge in [0.2, 0.25) is 0 Å². The summed E-state index contributed by atoms with van der Waals surface area (Å²) in [5.41, 5.74) is 2.04. The number of aryl methyl sites for hydroxylation is 2. The molecule has 0 atom stereocenters. The van der Waals surface area contributed by atoms with Crippen molar-refractivity contribution >= 4 is 11.6 Å². The molecular weight excluding hydrogens is 262 g/mol. The van der Waals surface area contributed by atoms with Gasteiger partial charge in [-0.05, 0) is 56.3 Å². The SMILES string of the molecule is CNCc1ccc(COc2cc(C)c(Cl)c(C)c2)o1. The van der Waals surface area contributed by atoms with E-state index in [4.69, 9.17) is 20.8 Å². The van der Waals surface area contributed by atoms with Gasteiger partial charge in [0.25, 0.3) is 0 Å². The Bertz CT molecular complexity index is 540. The van der Waals surface area contributed by atoms with Crippen LogP contribution >= 0.6 is 11.6 Å². The van der Waals surface area contributed by atoms with Gasteiger partial charge >= 0.3 is 0 Å². The van der Waals surface area contributed by atoms with Gasteiger partial charge in [0.15, 0.2) is 0 Å². The van der Waals surface area contributed by atoms with Gasteiger partial charge in [-0.2, -0.15) is 0 Å². The molecule has 4 heteroatoms. The largest absolute Gasteiger partial charge is 0.486 e. The van der Waals surface area contributed by atoms with Gasteiger partial charge in [-0.15, -0.1) is 0 Å². The topological polar surface area (TPSA) is 34.4 Å². The first-order valence-corrected chi connectivity index (χ1v) is 6.59. The number of hydrogen-bond donors (Lipinski definition) is 1. The molecule has 0 spiro atoms. The summed E-state index contributed by atoms with van der Waals surface area (Å²) in [6, 6.07) is 7.76. The van der Waals surface area contributed by atoms with Gasteiger partial charge in [0, 0.05) is 5.02 Å². The molecule has 2 rings (SSSR count). The van der Waals surface area contributed by atoms with Crippen LogP contribution in [0.25, 0.3) is 0 Å². The molecule has 0 amide bonds. The Morgan fingerprint density at radius 2 is 1.79 bits per heavy atom. The monoisotopic (exact) mass is 279 g/mol. The van der Waals surface area contributed by atoms with Crippen LogP contribution in [-0.4, -0.2) is 7.05 Å². The minimum atomic E-state index is 0.421. The normalized spacial score (nSPS) is 10.7. The number of hydrogen-bond acceptors (Lipinski definition) is 3. The molecule has 0 saturated carbocycles. The van der Waals surface area contributed by atoms with Crippen molar-refractivity contribution in [2.24, 2.45) is 0 Å². The summed E-state index contributed by atoms with van der Waals surface area (Å²) < 4.78 is 11.3. The van der Waals surface area contributed by atoms with Gasteiger partial charge in [0.1, 0.15) is 23.9 Å². The van der Waals surface area contributed by atoms with E-state index in [0.29, 0.717) is 6.61 Å². The number of ether oxygens (including phenoxy) is 1. The lowest BCUT2D eigenvalue weighted by molar-refractivity contribution is 0.265. The fraction of sp³-hybridized carbons (Fsp3) is 0.333. The third-order valence-corrected chi connectivity index (χ3v) is 3.46. The van der Waals surface area contributed by atoms with Gasteiger partial charge < -0.3 is 14.5 Å². The highest BCUT2D eigenvalue weighted by Gasteiger charge is 2.06. The lowest BCUT2D eigenvalue weighted by atomic mass is 10.1. The molecule has 2 aromatic rings. The number of furan rings is 1. The van der Waals surface area contributed by atoms with E-state index >= 15 is 0 Å². The highest BCUT2D eigenvalue weighted by molar-refractivity contribution is 6.32. The molecule has 0 aliphatic rings. The molecule has 3 nitrogen and oxygen atoms in total. The van der Waals surface area contributed by atoms with E-state index in [1.165, 1.54) is 0 Å². The fourth-order valence-corrected chi connectivity index (χ4v) is 2.02. The molecule has 0 bridgehead atoms. The number of rotatable bonds is 5. The summed E-state index contributed by atoms with van der Waals surface area (Å²) in [6.45, 7) is 5.09. The van der Waals surface area contributed by atoms with Crippen LogP contribution in [0.3, 0.4) is 0 Å². The van der Waals surface area contributed by atoms with E-state index in [1.54, 1.807) is 0 Å². The van der Waals surface area contributed by atoms with Crippen molar-refractivity contribution in [1.82, 2.24) is 5.32 Å². The second kappa shape index (κ2) is 6.13. The average molecular weight is 280 g/mol. The van der Waals surface area contributed by atoms with Crippen molar-refractivity contribution in [3.63, 3.8) is 0 Å². The maximum absolute atomic E-state index is 6.12. The molecule has 1 aromatic carbocycles. The smallest absolute Gasteiger partial charge is 0.146 e. The van der Waals surface area contributed by atoms with Crippen LogP contribution in [0, 0.1) is 13.8 Å². The Hall–Kier alpha value is -1.45. The van der Waals surface area contributed by atoms with Crippen LogP contribution in [0.4, 0.5) is 0 Å². The molecule has 19 heavy (non-hydrogen) atoms. The Balaban J connectivity index is 2.01. The van der Waals surface area contributed by atoms with E-state index in [2.05, 4.69) is 5.32 Å². The summed E-state index contributed by atoms with van der Waals surface area (Å²) in [5.74, 6) is 2.53. The first kappa shape index (κ1) is 14.0. The van der Waals surface area contributed by atoms with E-state index in [9.17, 15) is 0 Å². The minimum absolute atomic E-state index is 0.421. The summed E-state index contributed by atoms with van der Waals surface area (Å²) in [4.78, 5) is 0. The van der Waals surface area contributed by atoms with Gasteiger partial charge in [-0.1, -0.05) is 11.6 Å². The van der Waals surface area contributed by atoms with Crippen molar-refractivity contribution in [3.05, 3.63) is 51.9 Å². The zero-order valence-corrected chi connectivity index (χ0v) is 12.2. The molecule has 0 radical (unpaired) electrons. The van der Waals surface area contributed by atoms with Crippen molar-refractivity contribution in [2.75, 3.05) is 7.05 Å². The first-order valence-electron chi connectivity index (χ1n) is 6.22. The second-order valence-corrected chi connectivity index (χ2v) is 4.94. The van der Waals surface area contributed by atoms with Crippen molar-refractivity contribution in [3.8, 4) is 5.75 Å². The quantitative estimate of drug-likeness (QED) is 0.903. The van der Waals surface area contributed by atoms with Crippen LogP contribution < -0.4 is 10.1 Å². The zero-order chi connectivity index (χ0) is 13.8. The molecule has 0 saturated heterocycles. The molecule has 0 fully saturated rings. The maximum atomic E-state index is 6.12. The zero-order valence-electron chi connectivity index (χ0n) is 11.4. The van der Waals surface area contributed by atoms with Gasteiger partial charge in [0.05, 0.1) is 6.54 Å². The second-order valence-electron chi connectivity index (χ2n) is 4.56. The molecule has 0 unspecified atom stereocenters. The third kappa shape index (κ3) is 3.52. The summed E-state index contributed by atoms with van der Waals surface area (Å²) in [5, 5.41) is 3.84. The lowest BCUT2D eigenvalue weighted by Crippen LogP contribution is -2.03. The number of halogens is 1. The van der Waals surface area contributed by atoms with Crippen LogP contribution in [0.15, 0.2) is 28.7 Å². The van der Waals surface area contributed by atoms with E-state index < -0.39 is 0 Å². The predicted octanol–water partition coefficient (Wildman–Crippen LogP) is 3.85. The molecule has 1 heterocycles. The van der Waals surface area contributed by atoms with E-state index in [0.717, 1.165) is 40.0 Å². The van der Waals surface area contributed by atoms with E-state index in [1.807, 2.05) is 45.2 Å². The number of nitrogens with one attached hydrogen (secondary N) is 1. The highest BCUT2D eigenvalue weighted by atomic mass is 35.5. The van der Waals surface area contributed by atoms with Crippen molar-refractivity contribution in [1.29, 1.82) is 0 Å². The average Bonchev–Trinajstić information content (AvgIpc) is 2.81. The summed E-state index contributed by atoms with van der Waals surface area (Å²) in [6.07, 6.45) is 0. The molecule has 1 aromatic heterocycles. The molecule has 1 N–H and O–H groups in total. The Morgan fingerprint density at radius 1 is 1.16 bits per heavy atom. The van der Waals surface area contributed by atoms with Crippen LogP contribution in [0.2, 0.25) is 5.02 Å². The predicted molar refractivity (Wildman–Crippen MR) is 76.7 cm³/mol. The van der Waals surface area contributed by atoms with Gasteiger partial charge in [-0.3, -0.25) is 0 Å². The van der Waals surface area contributed by atoms with Crippen LogP contribution in [0.1, 0.15) is 22.6 Å². The highest BCUT2D eigenvalue weighted by Crippen LogP contribution is 2.26. The Kier molecular flexibility index (Phi) is 4.51.